The SMILES string of the molecule is OCC(CO)(Cc1ccccc1F)c1ccccc1Cl. The lowest BCUT2D eigenvalue weighted by Gasteiger charge is -2.31. The van der Waals surface area contributed by atoms with Crippen LogP contribution in [0.4, 0.5) is 4.39 Å². The van der Waals surface area contributed by atoms with Gasteiger partial charge in [-0.15, -0.1) is 0 Å². The molecule has 0 aromatic heterocycles. The second-order valence-electron chi connectivity index (χ2n) is 4.84. The Kier molecular flexibility index (Phi) is 4.76. The van der Waals surface area contributed by atoms with E-state index in [1.54, 1.807) is 42.5 Å². The molecule has 0 fully saturated rings. The predicted octanol–water partition coefficient (Wildman–Crippen LogP) is 2.94. The summed E-state index contributed by atoms with van der Waals surface area (Å²) >= 11 is 6.16. The zero-order chi connectivity index (χ0) is 14.6. The first-order valence-corrected chi connectivity index (χ1v) is 6.71. The van der Waals surface area contributed by atoms with E-state index < -0.39 is 5.41 Å². The molecule has 0 bridgehead atoms. The van der Waals surface area contributed by atoms with Crippen LogP contribution in [-0.4, -0.2) is 23.4 Å². The van der Waals surface area contributed by atoms with Gasteiger partial charge in [0.25, 0.3) is 0 Å². The number of halogens is 2. The molecular formula is C16H16ClFO2. The fraction of sp³-hybridized carbons (Fsp3) is 0.250. The Bertz CT molecular complexity index is 582. The molecule has 2 rings (SSSR count). The van der Waals surface area contributed by atoms with Gasteiger partial charge in [0.1, 0.15) is 5.82 Å². The fourth-order valence-corrected chi connectivity index (χ4v) is 2.66. The van der Waals surface area contributed by atoms with Crippen molar-refractivity contribution in [2.75, 3.05) is 13.2 Å². The van der Waals surface area contributed by atoms with Crippen molar-refractivity contribution in [1.29, 1.82) is 0 Å². The predicted molar refractivity (Wildman–Crippen MR) is 77.4 cm³/mol. The van der Waals surface area contributed by atoms with Gasteiger partial charge in [0, 0.05) is 10.4 Å². The van der Waals surface area contributed by atoms with Crippen molar-refractivity contribution in [1.82, 2.24) is 0 Å². The van der Waals surface area contributed by atoms with E-state index in [-0.39, 0.29) is 25.5 Å². The summed E-state index contributed by atoms with van der Waals surface area (Å²) in [4.78, 5) is 0. The lowest BCUT2D eigenvalue weighted by Crippen LogP contribution is -2.37. The highest BCUT2D eigenvalue weighted by molar-refractivity contribution is 6.31. The third-order valence-corrected chi connectivity index (χ3v) is 3.87. The van der Waals surface area contributed by atoms with Crippen LogP contribution < -0.4 is 0 Å². The van der Waals surface area contributed by atoms with Gasteiger partial charge < -0.3 is 10.2 Å². The number of rotatable bonds is 5. The number of hydrogen-bond donors (Lipinski definition) is 2. The zero-order valence-electron chi connectivity index (χ0n) is 10.9. The Labute approximate surface area is 122 Å². The smallest absolute Gasteiger partial charge is 0.126 e. The van der Waals surface area contributed by atoms with Gasteiger partial charge in [0.2, 0.25) is 0 Å². The van der Waals surface area contributed by atoms with E-state index in [0.717, 1.165) is 0 Å². The van der Waals surface area contributed by atoms with Crippen molar-refractivity contribution in [2.24, 2.45) is 0 Å². The van der Waals surface area contributed by atoms with Crippen molar-refractivity contribution in [3.8, 4) is 0 Å². The summed E-state index contributed by atoms with van der Waals surface area (Å²) in [5.74, 6) is -0.356. The van der Waals surface area contributed by atoms with Gasteiger partial charge in [-0.2, -0.15) is 0 Å². The molecule has 0 radical (unpaired) electrons. The Morgan fingerprint density at radius 1 is 0.950 bits per heavy atom. The van der Waals surface area contributed by atoms with Crippen LogP contribution in [0.3, 0.4) is 0 Å². The summed E-state index contributed by atoms with van der Waals surface area (Å²) in [6, 6.07) is 13.3. The molecule has 0 amide bonds. The number of aliphatic hydroxyl groups excluding tert-OH is 2. The van der Waals surface area contributed by atoms with Gasteiger partial charge in [0.05, 0.1) is 13.2 Å². The second kappa shape index (κ2) is 6.35. The van der Waals surface area contributed by atoms with Crippen molar-refractivity contribution < 1.29 is 14.6 Å². The van der Waals surface area contributed by atoms with Crippen LogP contribution in [0.2, 0.25) is 5.02 Å². The van der Waals surface area contributed by atoms with Crippen molar-refractivity contribution in [3.63, 3.8) is 0 Å². The maximum absolute atomic E-state index is 13.8. The van der Waals surface area contributed by atoms with Crippen LogP contribution in [0.15, 0.2) is 48.5 Å². The summed E-state index contributed by atoms with van der Waals surface area (Å²) in [5, 5.41) is 20.0. The zero-order valence-corrected chi connectivity index (χ0v) is 11.6. The van der Waals surface area contributed by atoms with E-state index in [1.807, 2.05) is 0 Å². The van der Waals surface area contributed by atoms with Crippen LogP contribution in [0, 0.1) is 5.82 Å². The minimum atomic E-state index is -0.999. The molecule has 0 spiro atoms. The molecule has 2 aromatic rings. The molecule has 106 valence electrons. The monoisotopic (exact) mass is 294 g/mol. The largest absolute Gasteiger partial charge is 0.395 e. The first kappa shape index (κ1) is 15.0. The number of hydrogen-bond acceptors (Lipinski definition) is 2. The van der Waals surface area contributed by atoms with Gasteiger partial charge >= 0.3 is 0 Å². The molecule has 0 heterocycles. The summed E-state index contributed by atoms with van der Waals surface area (Å²) in [6.45, 7) is -0.636. The normalized spacial score (nSPS) is 11.6. The number of benzene rings is 2. The minimum Gasteiger partial charge on any atom is -0.395 e. The molecule has 0 saturated heterocycles. The Morgan fingerprint density at radius 2 is 1.55 bits per heavy atom. The molecule has 20 heavy (non-hydrogen) atoms. The maximum atomic E-state index is 13.8. The third-order valence-electron chi connectivity index (χ3n) is 3.54. The molecule has 2 nitrogen and oxygen atoms in total. The van der Waals surface area contributed by atoms with Crippen molar-refractivity contribution in [3.05, 3.63) is 70.5 Å². The highest BCUT2D eigenvalue weighted by Gasteiger charge is 2.33. The molecule has 0 atom stereocenters. The van der Waals surface area contributed by atoms with E-state index in [0.29, 0.717) is 16.1 Å². The Hall–Kier alpha value is -1.42. The summed E-state index contributed by atoms with van der Waals surface area (Å²) in [7, 11) is 0. The van der Waals surface area contributed by atoms with E-state index in [2.05, 4.69) is 0 Å². The van der Waals surface area contributed by atoms with Crippen molar-refractivity contribution in [2.45, 2.75) is 11.8 Å². The first-order chi connectivity index (χ1) is 9.63. The molecule has 2 N–H and O–H groups in total. The van der Waals surface area contributed by atoms with Gasteiger partial charge in [-0.25, -0.2) is 4.39 Å². The average Bonchev–Trinajstić information content (AvgIpc) is 2.48. The van der Waals surface area contributed by atoms with Gasteiger partial charge in [-0.3, -0.25) is 0 Å². The molecular weight excluding hydrogens is 279 g/mol. The quantitative estimate of drug-likeness (QED) is 0.890. The topological polar surface area (TPSA) is 40.5 Å². The van der Waals surface area contributed by atoms with Crippen LogP contribution in [-0.2, 0) is 11.8 Å². The lowest BCUT2D eigenvalue weighted by molar-refractivity contribution is 0.115. The van der Waals surface area contributed by atoms with Gasteiger partial charge in [-0.1, -0.05) is 48.0 Å². The molecule has 0 aliphatic rings. The molecule has 0 aliphatic heterocycles. The van der Waals surface area contributed by atoms with E-state index >= 15 is 0 Å². The molecule has 0 saturated carbocycles. The van der Waals surface area contributed by atoms with E-state index in [1.165, 1.54) is 6.07 Å². The Morgan fingerprint density at radius 3 is 2.15 bits per heavy atom. The third kappa shape index (κ3) is 2.85. The first-order valence-electron chi connectivity index (χ1n) is 6.33. The van der Waals surface area contributed by atoms with Crippen LogP contribution in [0.1, 0.15) is 11.1 Å². The molecule has 0 aliphatic carbocycles. The fourth-order valence-electron chi connectivity index (χ4n) is 2.32. The molecule has 0 unspecified atom stereocenters. The van der Waals surface area contributed by atoms with E-state index in [4.69, 9.17) is 11.6 Å². The number of aliphatic hydroxyl groups is 2. The van der Waals surface area contributed by atoms with Gasteiger partial charge in [-0.05, 0) is 29.7 Å². The van der Waals surface area contributed by atoms with Crippen molar-refractivity contribution >= 4 is 11.6 Å². The Balaban J connectivity index is 2.46. The molecule has 4 heteroatoms. The van der Waals surface area contributed by atoms with Crippen LogP contribution in [0.5, 0.6) is 0 Å². The standard InChI is InChI=1S/C16H16ClFO2/c17-14-7-3-2-6-13(14)16(10-19,11-20)9-12-5-1-4-8-15(12)18/h1-8,19-20H,9-11H2. The summed E-state index contributed by atoms with van der Waals surface area (Å²) < 4.78 is 13.8. The molecule has 2 aromatic carbocycles. The highest BCUT2D eigenvalue weighted by Crippen LogP contribution is 2.33. The maximum Gasteiger partial charge on any atom is 0.126 e. The van der Waals surface area contributed by atoms with E-state index in [9.17, 15) is 14.6 Å². The summed E-state index contributed by atoms with van der Waals surface area (Å²) in [6.07, 6.45) is 0.177. The van der Waals surface area contributed by atoms with Gasteiger partial charge in [0.15, 0.2) is 0 Å². The lowest BCUT2D eigenvalue weighted by atomic mass is 9.76. The van der Waals surface area contributed by atoms with Crippen LogP contribution in [0.25, 0.3) is 0 Å². The second-order valence-corrected chi connectivity index (χ2v) is 5.25. The highest BCUT2D eigenvalue weighted by atomic mass is 35.5. The average molecular weight is 295 g/mol. The summed E-state index contributed by atoms with van der Waals surface area (Å²) in [5.41, 5.74) is 0.0611. The minimum absolute atomic E-state index is 0.177. The van der Waals surface area contributed by atoms with Crippen LogP contribution >= 0.6 is 11.6 Å².